The van der Waals surface area contributed by atoms with Crippen LogP contribution in [0.25, 0.3) is 0 Å². The highest BCUT2D eigenvalue weighted by atomic mass is 28.4. The van der Waals surface area contributed by atoms with Crippen LogP contribution in [0.5, 0.6) is 0 Å². The fourth-order valence-electron chi connectivity index (χ4n) is 8.25. The first kappa shape index (κ1) is 24.2. The van der Waals surface area contributed by atoms with Crippen LogP contribution in [0.4, 0.5) is 0 Å². The minimum Gasteiger partial charge on any atom is -0.413 e. The van der Waals surface area contributed by atoms with Crippen molar-refractivity contribution in [3.05, 3.63) is 12.2 Å². The number of carbonyl (C=O) groups excluding carboxylic acids is 1. The van der Waals surface area contributed by atoms with Crippen molar-refractivity contribution in [3.63, 3.8) is 0 Å². The lowest BCUT2D eigenvalue weighted by atomic mass is 9.45. The Bertz CT molecular complexity index is 856. The highest BCUT2D eigenvalue weighted by Gasteiger charge is 2.68. The summed E-state index contributed by atoms with van der Waals surface area (Å²) in [6.45, 7) is 20.9. The van der Waals surface area contributed by atoms with E-state index in [1.807, 2.05) is 6.08 Å². The molecule has 1 heterocycles. The summed E-state index contributed by atoms with van der Waals surface area (Å²) in [6, 6.07) is 0. The van der Waals surface area contributed by atoms with Gasteiger partial charge in [-0.25, -0.2) is 0 Å². The normalized spacial score (nSPS) is 48.8. The van der Waals surface area contributed by atoms with Crippen molar-refractivity contribution in [1.82, 2.24) is 0 Å². The molecule has 4 nitrogen and oxygen atoms in total. The quantitative estimate of drug-likeness (QED) is 0.428. The smallest absolute Gasteiger partial charge is 0.192 e. The predicted molar refractivity (Wildman–Crippen MR) is 133 cm³/mol. The van der Waals surface area contributed by atoms with Crippen LogP contribution in [0.15, 0.2) is 12.2 Å². The molecule has 0 bridgehead atoms. The second kappa shape index (κ2) is 7.27. The van der Waals surface area contributed by atoms with E-state index < -0.39 is 14.1 Å². The summed E-state index contributed by atoms with van der Waals surface area (Å²) in [4.78, 5) is 12.5. The molecule has 0 amide bonds. The molecule has 4 aliphatic carbocycles. The second-order valence-electron chi connectivity index (χ2n) is 14.3. The van der Waals surface area contributed by atoms with Gasteiger partial charge in [-0.05, 0) is 92.3 Å². The van der Waals surface area contributed by atoms with Gasteiger partial charge in [-0.1, -0.05) is 40.7 Å². The van der Waals surface area contributed by atoms with E-state index >= 15 is 0 Å². The zero-order chi connectivity index (χ0) is 24.2. The summed E-state index contributed by atoms with van der Waals surface area (Å²) in [6.07, 6.45) is 9.91. The lowest BCUT2D eigenvalue weighted by molar-refractivity contribution is -0.166. The average Bonchev–Trinajstić information content (AvgIpc) is 3.18. The summed E-state index contributed by atoms with van der Waals surface area (Å²) < 4.78 is 20.4. The molecule has 33 heavy (non-hydrogen) atoms. The number of rotatable bonds is 2. The standard InChI is InChI=1S/C28H46O4Si/c1-25(2,3)33(8,9)32-21-11-10-18-22-19(13-15-28(18,21)7)27(6)14-12-17(29)16-20(27)23-24(22)31-26(4,5)30-23/h12,14,18-24H,10-11,13,15-16H2,1-9H3/t18?,19?,20?,21?,22?,23?,24?,27-,28+/m1/s1. The number of carbonyl (C=O) groups is 1. The van der Waals surface area contributed by atoms with Gasteiger partial charge in [0.1, 0.15) is 0 Å². The number of ketones is 1. The van der Waals surface area contributed by atoms with Gasteiger partial charge in [0.15, 0.2) is 19.9 Å². The third kappa shape index (κ3) is 3.50. The predicted octanol–water partition coefficient (Wildman–Crippen LogP) is 6.50. The molecule has 4 fully saturated rings. The molecule has 1 aliphatic heterocycles. The first-order valence-electron chi connectivity index (χ1n) is 13.3. The van der Waals surface area contributed by atoms with E-state index in [9.17, 15) is 4.79 Å². The number of fused-ring (bicyclic) bond motifs is 8. The molecule has 3 saturated carbocycles. The number of hydrogen-bond donors (Lipinski definition) is 0. The van der Waals surface area contributed by atoms with Crippen molar-refractivity contribution in [2.24, 2.45) is 34.5 Å². The van der Waals surface area contributed by atoms with Gasteiger partial charge in [-0.2, -0.15) is 0 Å². The Hall–Kier alpha value is -0.493. The molecule has 0 radical (unpaired) electrons. The Morgan fingerprint density at radius 3 is 2.30 bits per heavy atom. The Morgan fingerprint density at radius 1 is 0.970 bits per heavy atom. The van der Waals surface area contributed by atoms with Gasteiger partial charge in [-0.3, -0.25) is 4.79 Å². The van der Waals surface area contributed by atoms with Crippen LogP contribution >= 0.6 is 0 Å². The number of hydrogen-bond acceptors (Lipinski definition) is 4. The van der Waals surface area contributed by atoms with E-state index in [-0.39, 0.29) is 39.8 Å². The van der Waals surface area contributed by atoms with E-state index in [0.29, 0.717) is 30.3 Å². The molecular weight excluding hydrogens is 428 g/mol. The van der Waals surface area contributed by atoms with Crippen molar-refractivity contribution in [3.8, 4) is 0 Å². The third-order valence-corrected chi connectivity index (χ3v) is 15.6. The van der Waals surface area contributed by atoms with Crippen LogP contribution in [-0.4, -0.2) is 38.2 Å². The molecule has 0 N–H and O–H groups in total. The fraction of sp³-hybridized carbons (Fsp3) is 0.893. The zero-order valence-corrected chi connectivity index (χ0v) is 23.4. The van der Waals surface area contributed by atoms with Gasteiger partial charge in [0, 0.05) is 12.3 Å². The van der Waals surface area contributed by atoms with E-state index in [0.717, 1.165) is 6.42 Å². The SMILES string of the molecule is CC1(C)OC2C(O1)C1CC(=O)C=C[C@]1(C)C1CC[C@]3(C)C(O[Si](C)(C)C(C)(C)C)CCC3C21. The summed E-state index contributed by atoms with van der Waals surface area (Å²) in [5.74, 6) is 1.46. The third-order valence-electron chi connectivity index (χ3n) is 11.1. The Labute approximate surface area is 202 Å². The van der Waals surface area contributed by atoms with Gasteiger partial charge < -0.3 is 13.9 Å². The summed E-state index contributed by atoms with van der Waals surface area (Å²) in [5, 5.41) is 0.223. The van der Waals surface area contributed by atoms with Crippen LogP contribution in [0.1, 0.15) is 80.6 Å². The van der Waals surface area contributed by atoms with Gasteiger partial charge in [-0.15, -0.1) is 0 Å². The topological polar surface area (TPSA) is 44.8 Å². The molecule has 0 aromatic carbocycles. The fourth-order valence-corrected chi connectivity index (χ4v) is 9.70. The van der Waals surface area contributed by atoms with Gasteiger partial charge >= 0.3 is 0 Å². The molecular formula is C28H46O4Si. The summed E-state index contributed by atoms with van der Waals surface area (Å²) >= 11 is 0. The highest BCUT2D eigenvalue weighted by molar-refractivity contribution is 6.74. The molecule has 7 unspecified atom stereocenters. The highest BCUT2D eigenvalue weighted by Crippen LogP contribution is 2.68. The number of allylic oxidation sites excluding steroid dienone is 2. The molecule has 5 heteroatoms. The Balaban J connectivity index is 1.51. The molecule has 186 valence electrons. The van der Waals surface area contributed by atoms with Crippen molar-refractivity contribution >= 4 is 14.1 Å². The Morgan fingerprint density at radius 2 is 1.64 bits per heavy atom. The zero-order valence-electron chi connectivity index (χ0n) is 22.4. The van der Waals surface area contributed by atoms with E-state index in [1.165, 1.54) is 19.3 Å². The molecule has 1 saturated heterocycles. The molecule has 0 spiro atoms. The first-order valence-corrected chi connectivity index (χ1v) is 16.3. The van der Waals surface area contributed by atoms with Gasteiger partial charge in [0.2, 0.25) is 0 Å². The van der Waals surface area contributed by atoms with Crippen LogP contribution in [0.3, 0.4) is 0 Å². The second-order valence-corrected chi connectivity index (χ2v) is 19.1. The molecule has 5 aliphatic rings. The molecule has 5 rings (SSSR count). The average molecular weight is 475 g/mol. The van der Waals surface area contributed by atoms with E-state index in [2.05, 4.69) is 67.6 Å². The number of ether oxygens (including phenoxy) is 2. The van der Waals surface area contributed by atoms with E-state index in [4.69, 9.17) is 13.9 Å². The lowest BCUT2D eigenvalue weighted by Crippen LogP contribution is -2.62. The maximum Gasteiger partial charge on any atom is 0.192 e. The monoisotopic (exact) mass is 474 g/mol. The van der Waals surface area contributed by atoms with Crippen LogP contribution in [-0.2, 0) is 18.7 Å². The van der Waals surface area contributed by atoms with Crippen LogP contribution < -0.4 is 0 Å². The lowest BCUT2D eigenvalue weighted by Gasteiger charge is -2.61. The van der Waals surface area contributed by atoms with Crippen LogP contribution in [0, 0.1) is 34.5 Å². The molecule has 0 aromatic rings. The van der Waals surface area contributed by atoms with Gasteiger partial charge in [0.05, 0.1) is 18.3 Å². The molecule has 9 atom stereocenters. The maximum atomic E-state index is 12.5. The largest absolute Gasteiger partial charge is 0.413 e. The van der Waals surface area contributed by atoms with Crippen molar-refractivity contribution in [1.29, 1.82) is 0 Å². The minimum atomic E-state index is -1.84. The van der Waals surface area contributed by atoms with Crippen molar-refractivity contribution in [2.75, 3.05) is 0 Å². The van der Waals surface area contributed by atoms with Gasteiger partial charge in [0.25, 0.3) is 0 Å². The van der Waals surface area contributed by atoms with E-state index in [1.54, 1.807) is 0 Å². The van der Waals surface area contributed by atoms with Crippen molar-refractivity contribution < 1.29 is 18.7 Å². The summed E-state index contributed by atoms with van der Waals surface area (Å²) in [5.41, 5.74) is 0.192. The first-order chi connectivity index (χ1) is 15.1. The van der Waals surface area contributed by atoms with Crippen LogP contribution in [0.2, 0.25) is 18.1 Å². The van der Waals surface area contributed by atoms with Crippen molar-refractivity contribution in [2.45, 2.75) is 123 Å². The maximum absolute atomic E-state index is 12.5. The summed E-state index contributed by atoms with van der Waals surface area (Å²) in [7, 11) is -1.84. The minimum absolute atomic E-state index is 0.00265. The molecule has 0 aromatic heterocycles. The Kier molecular flexibility index (Phi) is 5.33.